The number of rotatable bonds is 7. The molecule has 1 saturated carbocycles. The summed E-state index contributed by atoms with van der Waals surface area (Å²) in [6.07, 6.45) is 12.3. The molecule has 1 unspecified atom stereocenters. The third kappa shape index (κ3) is 4.01. The Morgan fingerprint density at radius 1 is 1.42 bits per heavy atom. The topological polar surface area (TPSA) is 68.8 Å². The summed E-state index contributed by atoms with van der Waals surface area (Å²) >= 11 is 0. The normalized spacial score (nSPS) is 18.6. The maximum atomic E-state index is 5.73. The van der Waals surface area contributed by atoms with Gasteiger partial charge in [0.2, 0.25) is 0 Å². The van der Waals surface area contributed by atoms with Gasteiger partial charge in [0.05, 0.1) is 17.9 Å². The van der Waals surface area contributed by atoms with Gasteiger partial charge in [-0.05, 0) is 25.2 Å². The molecule has 2 rings (SSSR count). The van der Waals surface area contributed by atoms with Gasteiger partial charge in [0.25, 0.3) is 0 Å². The molecule has 0 amide bonds. The van der Waals surface area contributed by atoms with E-state index in [0.29, 0.717) is 0 Å². The van der Waals surface area contributed by atoms with Crippen LogP contribution in [0.2, 0.25) is 0 Å². The Morgan fingerprint density at radius 3 is 2.89 bits per heavy atom. The Bertz CT molecular complexity index is 356. The maximum Gasteiger partial charge on any atom is 0.0770 e. The monoisotopic (exact) mass is 265 g/mol. The fraction of sp³-hybridized carbons (Fsp3) is 0.857. The summed E-state index contributed by atoms with van der Waals surface area (Å²) in [4.78, 5) is 0. The number of hydrogen-bond acceptors (Lipinski definition) is 4. The predicted molar refractivity (Wildman–Crippen MR) is 76.2 cm³/mol. The zero-order valence-corrected chi connectivity index (χ0v) is 12.0. The van der Waals surface area contributed by atoms with E-state index in [9.17, 15) is 0 Å². The molecule has 1 aromatic rings. The molecule has 19 heavy (non-hydrogen) atoms. The third-order valence-corrected chi connectivity index (χ3v) is 4.23. The molecule has 1 heterocycles. The molecule has 0 aliphatic heterocycles. The summed E-state index contributed by atoms with van der Waals surface area (Å²) in [5.74, 6) is 6.61. The number of nitrogens with two attached hydrogens (primary N) is 1. The molecule has 1 aromatic heterocycles. The molecular weight excluding hydrogens is 238 g/mol. The van der Waals surface area contributed by atoms with Crippen LogP contribution in [0.5, 0.6) is 0 Å². The first-order chi connectivity index (χ1) is 9.35. The summed E-state index contributed by atoms with van der Waals surface area (Å²) in [6, 6.07) is 0.184. The Kier molecular flexibility index (Phi) is 5.79. The van der Waals surface area contributed by atoms with Gasteiger partial charge in [-0.2, -0.15) is 0 Å². The lowest BCUT2D eigenvalue weighted by atomic mass is 9.85. The highest BCUT2D eigenvalue weighted by Crippen LogP contribution is 2.30. The van der Waals surface area contributed by atoms with E-state index in [4.69, 9.17) is 5.84 Å². The second-order valence-corrected chi connectivity index (χ2v) is 5.68. The molecule has 1 atom stereocenters. The zero-order chi connectivity index (χ0) is 13.5. The molecule has 1 fully saturated rings. The maximum absolute atomic E-state index is 5.73. The smallest absolute Gasteiger partial charge is 0.0770 e. The molecule has 0 spiro atoms. The average Bonchev–Trinajstić information content (AvgIpc) is 2.90. The molecule has 1 aliphatic carbocycles. The predicted octanol–water partition coefficient (Wildman–Crippen LogP) is 2.55. The molecule has 5 heteroatoms. The Balaban J connectivity index is 1.89. The van der Waals surface area contributed by atoms with Crippen LogP contribution in [0.15, 0.2) is 6.20 Å². The Hall–Kier alpha value is -0.940. The lowest BCUT2D eigenvalue weighted by Gasteiger charge is -2.24. The summed E-state index contributed by atoms with van der Waals surface area (Å²) in [7, 11) is 0. The highest BCUT2D eigenvalue weighted by atomic mass is 15.4. The van der Waals surface area contributed by atoms with Crippen molar-refractivity contribution < 1.29 is 0 Å². The van der Waals surface area contributed by atoms with Gasteiger partial charge in [-0.1, -0.05) is 44.2 Å². The minimum absolute atomic E-state index is 0.184. The number of aryl methyl sites for hydroxylation is 1. The molecule has 5 nitrogen and oxygen atoms in total. The van der Waals surface area contributed by atoms with Gasteiger partial charge in [0.15, 0.2) is 0 Å². The molecular formula is C14H27N5. The zero-order valence-electron chi connectivity index (χ0n) is 12.0. The van der Waals surface area contributed by atoms with Crippen LogP contribution in [0.25, 0.3) is 0 Å². The quantitative estimate of drug-likeness (QED) is 0.587. The molecule has 0 radical (unpaired) electrons. The second kappa shape index (κ2) is 7.60. The average molecular weight is 265 g/mol. The lowest BCUT2D eigenvalue weighted by Crippen LogP contribution is -2.30. The van der Waals surface area contributed by atoms with Gasteiger partial charge >= 0.3 is 0 Å². The van der Waals surface area contributed by atoms with Crippen molar-refractivity contribution in [3.8, 4) is 0 Å². The van der Waals surface area contributed by atoms with Crippen molar-refractivity contribution in [1.82, 2.24) is 20.4 Å². The van der Waals surface area contributed by atoms with Crippen LogP contribution >= 0.6 is 0 Å². The highest BCUT2D eigenvalue weighted by Gasteiger charge is 2.19. The van der Waals surface area contributed by atoms with Crippen molar-refractivity contribution in [3.63, 3.8) is 0 Å². The first-order valence-electron chi connectivity index (χ1n) is 7.69. The third-order valence-electron chi connectivity index (χ3n) is 4.23. The van der Waals surface area contributed by atoms with Crippen LogP contribution in [0.1, 0.15) is 70.0 Å². The van der Waals surface area contributed by atoms with Crippen LogP contribution < -0.4 is 11.3 Å². The molecule has 0 bridgehead atoms. The van der Waals surface area contributed by atoms with E-state index in [0.717, 1.165) is 31.0 Å². The SMILES string of the molecule is CCCn1nncc1C(CCC1CCCCC1)NN. The van der Waals surface area contributed by atoms with E-state index in [1.165, 1.54) is 38.5 Å². The first-order valence-corrected chi connectivity index (χ1v) is 7.69. The van der Waals surface area contributed by atoms with Crippen molar-refractivity contribution in [1.29, 1.82) is 0 Å². The Labute approximate surface area is 115 Å². The molecule has 3 N–H and O–H groups in total. The molecule has 1 aliphatic rings. The summed E-state index contributed by atoms with van der Waals surface area (Å²) in [5.41, 5.74) is 4.07. The van der Waals surface area contributed by atoms with E-state index in [1.807, 2.05) is 10.9 Å². The first kappa shape index (κ1) is 14.5. The summed E-state index contributed by atoms with van der Waals surface area (Å²) in [6.45, 7) is 3.06. The Morgan fingerprint density at radius 2 is 2.21 bits per heavy atom. The number of aromatic nitrogens is 3. The van der Waals surface area contributed by atoms with E-state index in [2.05, 4.69) is 22.7 Å². The number of hydrazine groups is 1. The van der Waals surface area contributed by atoms with E-state index >= 15 is 0 Å². The van der Waals surface area contributed by atoms with E-state index in [1.54, 1.807) is 0 Å². The van der Waals surface area contributed by atoms with Crippen molar-refractivity contribution in [3.05, 3.63) is 11.9 Å². The highest BCUT2D eigenvalue weighted by molar-refractivity contribution is 5.01. The number of nitrogens with one attached hydrogen (secondary N) is 1. The molecule has 0 aromatic carbocycles. The van der Waals surface area contributed by atoms with E-state index < -0.39 is 0 Å². The largest absolute Gasteiger partial charge is 0.271 e. The molecule has 0 saturated heterocycles. The fourth-order valence-electron chi connectivity index (χ4n) is 3.12. The second-order valence-electron chi connectivity index (χ2n) is 5.68. The van der Waals surface area contributed by atoms with Crippen LogP contribution in [0.4, 0.5) is 0 Å². The number of nitrogens with zero attached hydrogens (tertiary/aromatic N) is 3. The van der Waals surface area contributed by atoms with Gasteiger partial charge in [-0.3, -0.25) is 11.3 Å². The minimum Gasteiger partial charge on any atom is -0.271 e. The minimum atomic E-state index is 0.184. The van der Waals surface area contributed by atoms with E-state index in [-0.39, 0.29) is 6.04 Å². The van der Waals surface area contributed by atoms with Gasteiger partial charge in [-0.15, -0.1) is 5.10 Å². The van der Waals surface area contributed by atoms with Gasteiger partial charge in [0, 0.05) is 6.54 Å². The van der Waals surface area contributed by atoms with Crippen molar-refractivity contribution in [2.75, 3.05) is 0 Å². The van der Waals surface area contributed by atoms with Gasteiger partial charge in [-0.25, -0.2) is 4.68 Å². The van der Waals surface area contributed by atoms with Gasteiger partial charge < -0.3 is 0 Å². The summed E-state index contributed by atoms with van der Waals surface area (Å²) in [5, 5.41) is 8.16. The van der Waals surface area contributed by atoms with Crippen LogP contribution in [0, 0.1) is 5.92 Å². The van der Waals surface area contributed by atoms with Crippen LogP contribution in [-0.4, -0.2) is 15.0 Å². The molecule has 108 valence electrons. The number of hydrogen-bond donors (Lipinski definition) is 2. The summed E-state index contributed by atoms with van der Waals surface area (Å²) < 4.78 is 1.98. The standard InChI is InChI=1S/C14H27N5/c1-2-10-19-14(11-16-18-19)13(17-15)9-8-12-6-4-3-5-7-12/h11-13,17H,2-10,15H2,1H3. The van der Waals surface area contributed by atoms with Crippen LogP contribution in [0.3, 0.4) is 0 Å². The van der Waals surface area contributed by atoms with Gasteiger partial charge in [0.1, 0.15) is 0 Å². The lowest BCUT2D eigenvalue weighted by molar-refractivity contribution is 0.310. The van der Waals surface area contributed by atoms with Crippen molar-refractivity contribution >= 4 is 0 Å². The van der Waals surface area contributed by atoms with Crippen LogP contribution in [-0.2, 0) is 6.54 Å². The van der Waals surface area contributed by atoms with Crippen molar-refractivity contribution in [2.45, 2.75) is 70.9 Å². The fourth-order valence-corrected chi connectivity index (χ4v) is 3.12. The van der Waals surface area contributed by atoms with Crippen molar-refractivity contribution in [2.24, 2.45) is 11.8 Å².